The van der Waals surface area contributed by atoms with Crippen molar-refractivity contribution < 1.29 is 10.6 Å². The molecule has 64 valence electrons. The fourth-order valence-corrected chi connectivity index (χ4v) is 0.476. The van der Waals surface area contributed by atoms with Crippen LogP contribution < -0.4 is 5.73 Å². The van der Waals surface area contributed by atoms with Crippen LogP contribution in [0.25, 0.3) is 0 Å². The van der Waals surface area contributed by atoms with E-state index in [0.29, 0.717) is 0 Å². The molecule has 0 atom stereocenters. The third kappa shape index (κ3) is 4.30. The molecular formula is C7H14N2O2. The number of nitrogens with zero attached hydrogens (tertiary/aromatic N) is 1. The topological polar surface area (TPSA) is 90.6 Å². The number of aryl methyl sites for hydroxylation is 1. The monoisotopic (exact) mass is 158 g/mol. The fraction of sp³-hybridized carbons (Fsp3) is 0.286. The Morgan fingerprint density at radius 3 is 2.27 bits per heavy atom. The van der Waals surface area contributed by atoms with Crippen molar-refractivity contribution in [3.05, 3.63) is 24.0 Å². The van der Waals surface area contributed by atoms with Gasteiger partial charge in [-0.3, -0.25) is 4.98 Å². The molecule has 0 radical (unpaired) electrons. The Hall–Kier alpha value is -1.13. The Bertz CT molecular complexity index is 171. The summed E-state index contributed by atoms with van der Waals surface area (Å²) < 4.78 is 0. The summed E-state index contributed by atoms with van der Waals surface area (Å²) in [6.45, 7) is 1.96. The molecule has 0 saturated carbocycles. The SMILES string of the molecule is CO.Cc1ccncc1N.O. The van der Waals surface area contributed by atoms with Gasteiger partial charge in [0.05, 0.1) is 5.69 Å². The first-order valence-electron chi connectivity index (χ1n) is 2.91. The van der Waals surface area contributed by atoms with Crippen LogP contribution >= 0.6 is 0 Å². The van der Waals surface area contributed by atoms with Crippen LogP contribution in [-0.2, 0) is 0 Å². The van der Waals surface area contributed by atoms with E-state index < -0.39 is 0 Å². The Morgan fingerprint density at radius 2 is 2.00 bits per heavy atom. The van der Waals surface area contributed by atoms with Crippen molar-refractivity contribution >= 4 is 5.69 Å². The van der Waals surface area contributed by atoms with Crippen molar-refractivity contribution in [1.82, 2.24) is 4.98 Å². The molecule has 11 heavy (non-hydrogen) atoms. The van der Waals surface area contributed by atoms with Gasteiger partial charge in [-0.15, -0.1) is 0 Å². The van der Waals surface area contributed by atoms with Crippen molar-refractivity contribution in [3.8, 4) is 0 Å². The van der Waals surface area contributed by atoms with Gasteiger partial charge in [-0.25, -0.2) is 0 Å². The summed E-state index contributed by atoms with van der Waals surface area (Å²) in [5.41, 5.74) is 7.30. The molecule has 5 N–H and O–H groups in total. The highest BCUT2D eigenvalue weighted by molar-refractivity contribution is 5.42. The highest BCUT2D eigenvalue weighted by Gasteiger charge is 1.85. The molecule has 1 heterocycles. The molecule has 4 nitrogen and oxygen atoms in total. The van der Waals surface area contributed by atoms with Crippen molar-refractivity contribution in [2.75, 3.05) is 12.8 Å². The zero-order valence-electron chi connectivity index (χ0n) is 6.70. The molecule has 1 aromatic rings. The first kappa shape index (κ1) is 12.5. The molecule has 0 bridgehead atoms. The second-order valence-electron chi connectivity index (χ2n) is 1.73. The standard InChI is InChI=1S/C6H8N2.CH4O.H2O/c1-5-2-3-8-4-6(5)7;1-2;/h2-4H,7H2,1H3;2H,1H3;1H2. The summed E-state index contributed by atoms with van der Waals surface area (Å²) in [6.07, 6.45) is 3.38. The van der Waals surface area contributed by atoms with Crippen LogP contribution in [0.3, 0.4) is 0 Å². The van der Waals surface area contributed by atoms with E-state index >= 15 is 0 Å². The molecule has 0 aliphatic rings. The van der Waals surface area contributed by atoms with Crippen LogP contribution in [0.15, 0.2) is 18.5 Å². The molecule has 0 aliphatic carbocycles. The van der Waals surface area contributed by atoms with Crippen LogP contribution in [0.4, 0.5) is 5.69 Å². The van der Waals surface area contributed by atoms with E-state index in [0.717, 1.165) is 18.4 Å². The molecular weight excluding hydrogens is 144 g/mol. The molecule has 0 aliphatic heterocycles. The number of aromatic nitrogens is 1. The summed E-state index contributed by atoms with van der Waals surface area (Å²) in [7, 11) is 1.00. The lowest BCUT2D eigenvalue weighted by Crippen LogP contribution is -1.88. The highest BCUT2D eigenvalue weighted by atomic mass is 16.2. The van der Waals surface area contributed by atoms with E-state index in [1.165, 1.54) is 0 Å². The first-order valence-corrected chi connectivity index (χ1v) is 2.91. The number of hydrogen-bond acceptors (Lipinski definition) is 3. The average molecular weight is 158 g/mol. The van der Waals surface area contributed by atoms with E-state index in [4.69, 9.17) is 10.8 Å². The highest BCUT2D eigenvalue weighted by Crippen LogP contribution is 2.04. The minimum atomic E-state index is 0. The number of anilines is 1. The number of aliphatic hydroxyl groups is 1. The summed E-state index contributed by atoms with van der Waals surface area (Å²) in [5, 5.41) is 7.00. The predicted octanol–water partition coefficient (Wildman–Crippen LogP) is -0.244. The van der Waals surface area contributed by atoms with Crippen LogP contribution in [0.5, 0.6) is 0 Å². The lowest BCUT2D eigenvalue weighted by atomic mass is 10.3. The largest absolute Gasteiger partial charge is 0.412 e. The molecule has 0 amide bonds. The third-order valence-corrected chi connectivity index (χ3v) is 1.08. The van der Waals surface area contributed by atoms with E-state index in [1.807, 2.05) is 13.0 Å². The number of rotatable bonds is 0. The molecule has 0 fully saturated rings. The minimum absolute atomic E-state index is 0. The summed E-state index contributed by atoms with van der Waals surface area (Å²) >= 11 is 0. The maximum Gasteiger partial charge on any atom is 0.0530 e. The first-order chi connectivity index (χ1) is 4.80. The van der Waals surface area contributed by atoms with Crippen LogP contribution in [0.1, 0.15) is 5.56 Å². The second-order valence-corrected chi connectivity index (χ2v) is 1.73. The molecule has 0 spiro atoms. The van der Waals surface area contributed by atoms with Gasteiger partial charge in [0.25, 0.3) is 0 Å². The normalized spacial score (nSPS) is 7.18. The number of pyridine rings is 1. The summed E-state index contributed by atoms with van der Waals surface area (Å²) in [5.74, 6) is 0. The van der Waals surface area contributed by atoms with Crippen molar-refractivity contribution in [3.63, 3.8) is 0 Å². The van der Waals surface area contributed by atoms with Gasteiger partial charge in [-0.2, -0.15) is 0 Å². The van der Waals surface area contributed by atoms with Crippen molar-refractivity contribution in [2.45, 2.75) is 6.92 Å². The van der Waals surface area contributed by atoms with Crippen LogP contribution in [0, 0.1) is 6.92 Å². The number of hydrogen-bond donors (Lipinski definition) is 2. The van der Waals surface area contributed by atoms with Crippen LogP contribution in [-0.4, -0.2) is 22.7 Å². The number of nitrogens with two attached hydrogens (primary N) is 1. The van der Waals surface area contributed by atoms with Crippen molar-refractivity contribution in [2.24, 2.45) is 0 Å². The summed E-state index contributed by atoms with van der Waals surface area (Å²) in [4.78, 5) is 3.82. The van der Waals surface area contributed by atoms with Gasteiger partial charge < -0.3 is 16.3 Å². The summed E-state index contributed by atoms with van der Waals surface area (Å²) in [6, 6.07) is 1.88. The van der Waals surface area contributed by atoms with Crippen LogP contribution in [0.2, 0.25) is 0 Å². The maximum absolute atomic E-state index is 7.00. The number of nitrogen functional groups attached to an aromatic ring is 1. The van der Waals surface area contributed by atoms with Gasteiger partial charge in [0.1, 0.15) is 0 Å². The van der Waals surface area contributed by atoms with E-state index in [-0.39, 0.29) is 5.48 Å². The smallest absolute Gasteiger partial charge is 0.0530 e. The van der Waals surface area contributed by atoms with E-state index in [2.05, 4.69) is 4.98 Å². The number of aliphatic hydroxyl groups excluding tert-OH is 1. The Morgan fingerprint density at radius 1 is 1.45 bits per heavy atom. The molecule has 0 saturated heterocycles. The molecule has 4 heteroatoms. The Labute approximate surface area is 66.0 Å². The van der Waals surface area contributed by atoms with Gasteiger partial charge in [-0.1, -0.05) is 0 Å². The Balaban J connectivity index is 0. The van der Waals surface area contributed by atoms with Gasteiger partial charge >= 0.3 is 0 Å². The van der Waals surface area contributed by atoms with Gasteiger partial charge in [0.15, 0.2) is 0 Å². The van der Waals surface area contributed by atoms with E-state index in [1.54, 1.807) is 12.4 Å². The molecule has 0 unspecified atom stereocenters. The Kier molecular flexibility index (Phi) is 7.96. The minimum Gasteiger partial charge on any atom is -0.412 e. The van der Waals surface area contributed by atoms with Crippen molar-refractivity contribution in [1.29, 1.82) is 0 Å². The molecule has 1 rings (SSSR count). The van der Waals surface area contributed by atoms with Gasteiger partial charge in [0, 0.05) is 19.5 Å². The zero-order chi connectivity index (χ0) is 7.98. The van der Waals surface area contributed by atoms with Gasteiger partial charge in [0.2, 0.25) is 0 Å². The lowest BCUT2D eigenvalue weighted by molar-refractivity contribution is 0.399. The zero-order valence-corrected chi connectivity index (χ0v) is 6.70. The third-order valence-electron chi connectivity index (χ3n) is 1.08. The van der Waals surface area contributed by atoms with E-state index in [9.17, 15) is 0 Å². The fourth-order valence-electron chi connectivity index (χ4n) is 0.476. The molecule has 1 aromatic heterocycles. The average Bonchev–Trinajstić information content (AvgIpc) is 2.00. The maximum atomic E-state index is 7.00. The quantitative estimate of drug-likeness (QED) is 0.545. The molecule has 0 aromatic carbocycles. The second kappa shape index (κ2) is 6.98. The lowest BCUT2D eigenvalue weighted by Gasteiger charge is -1.92. The predicted molar refractivity (Wildman–Crippen MR) is 45.1 cm³/mol. The van der Waals surface area contributed by atoms with Gasteiger partial charge in [-0.05, 0) is 18.6 Å².